The van der Waals surface area contributed by atoms with E-state index < -0.39 is 40.6 Å². The monoisotopic (exact) mass is 1950 g/mol. The molecule has 4 bridgehead atoms. The van der Waals surface area contributed by atoms with Gasteiger partial charge in [0.25, 0.3) is 11.4 Å². The quantitative estimate of drug-likeness (QED) is 0.00524. The van der Waals surface area contributed by atoms with Crippen LogP contribution in [-0.4, -0.2) is 298 Å². The third-order valence-corrected chi connectivity index (χ3v) is 22.0. The molecule has 0 saturated heterocycles. The van der Waals surface area contributed by atoms with E-state index in [0.717, 1.165) is 62.5 Å². The van der Waals surface area contributed by atoms with Crippen LogP contribution in [0, 0.1) is 32.1 Å². The molecular formula is C98H141N5O35. The van der Waals surface area contributed by atoms with Gasteiger partial charge in [0.2, 0.25) is 0 Å². The van der Waals surface area contributed by atoms with Crippen LogP contribution in [-0.2, 0) is 125 Å². The molecule has 6 N–H and O–H groups in total. The Kier molecular flexibility index (Phi) is 59.9. The lowest BCUT2D eigenvalue weighted by molar-refractivity contribution is -0.385. The first kappa shape index (κ1) is 116. The van der Waals surface area contributed by atoms with E-state index in [1.807, 2.05) is 60.7 Å². The standard InChI is InChI=1S/C34H47NO9.C26H41NO7.C16H25NO7.C13H8N2O7.C9H20O5/c1-34-14-8-4-7-11-28(31(34)35-32(36)43-25-26-9-5-3-6-10-26)23-27-12-13-29(24-30(27)34)44-33(37)42-22-21-41-20-19-40-18-17-39-16-15-38-2;1-26-9-5-3-4-6-21(24(26)27)18-20-7-8-22(19-23(20)26)34-25(28)33-17-16-32-15-14-31-13-12-30-11-10-29-2;1-19-6-7-20-8-9-21-10-11-22-12-13-23-16(18)24-15-4-2-14(17)3-5-15;16-13(21-11-5-1-9(2-6-11)14(17)18)22-12-7-3-10(4-8-12)15(19)20;1-11-4-5-13-8-9-14-7-6-12-3-2-10/h3,5-6,9-10,12-13,24,28,31H,4,7-8,11,14-23,25H2,1-2H3,(H,35,36);7-8,19,21,24H,3-6,9-18,27H2,1-2H3;2-5H,6-13,17H2,1H3;1-8H;10H,2-9H2,1H3/t28-,31-,34+;21-,24-,26+;;;/m00.../s1. The fourth-order valence-corrected chi connectivity index (χ4v) is 15.1. The smallest absolute Gasteiger partial charge is 0.445 e. The molecule has 138 heavy (non-hydrogen) atoms. The van der Waals surface area contributed by atoms with E-state index >= 15 is 0 Å². The van der Waals surface area contributed by atoms with Crippen LogP contribution in [0.4, 0.5) is 41.0 Å². The molecule has 6 aromatic carbocycles. The maximum atomic E-state index is 13.0. The molecule has 6 atom stereocenters. The summed E-state index contributed by atoms with van der Waals surface area (Å²) in [5, 5.41) is 32.6. The molecule has 1 amide bonds. The predicted octanol–water partition coefficient (Wildman–Crippen LogP) is 13.4. The molecule has 0 unspecified atom stereocenters. The molecule has 10 rings (SSSR count). The molecule has 0 heterocycles. The zero-order valence-corrected chi connectivity index (χ0v) is 80.3. The van der Waals surface area contributed by atoms with Crippen molar-refractivity contribution in [3.63, 3.8) is 0 Å². The number of non-ortho nitro benzene ring substituents is 2. The minimum atomic E-state index is -1.07. The zero-order valence-electron chi connectivity index (χ0n) is 80.3. The highest BCUT2D eigenvalue weighted by Crippen LogP contribution is 2.49. The summed E-state index contributed by atoms with van der Waals surface area (Å²) in [7, 11) is 6.53. The Bertz CT molecular complexity index is 4250. The number of carbonyl (C=O) groups is 5. The largest absolute Gasteiger partial charge is 0.519 e. The first-order valence-corrected chi connectivity index (χ1v) is 46.4. The van der Waals surface area contributed by atoms with Crippen LogP contribution in [0.5, 0.6) is 28.7 Å². The summed E-state index contributed by atoms with van der Waals surface area (Å²) >= 11 is 0. The predicted molar refractivity (Wildman–Crippen MR) is 504 cm³/mol. The number of carbonyl (C=O) groups excluding carboxylic acids is 5. The fourth-order valence-electron chi connectivity index (χ4n) is 15.1. The van der Waals surface area contributed by atoms with Gasteiger partial charge in [-0.2, -0.15) is 0 Å². The fraction of sp³-hybridized carbons (Fsp3) is 0.582. The van der Waals surface area contributed by atoms with Gasteiger partial charge in [-0.1, -0.05) is 94.8 Å². The summed E-state index contributed by atoms with van der Waals surface area (Å²) in [5.74, 6) is 2.25. The number of fused-ring (bicyclic) bond motifs is 8. The van der Waals surface area contributed by atoms with Crippen molar-refractivity contribution < 1.29 is 157 Å². The second-order valence-electron chi connectivity index (χ2n) is 32.0. The van der Waals surface area contributed by atoms with Gasteiger partial charge < -0.3 is 140 Å². The maximum Gasteiger partial charge on any atom is 0.519 e. The number of nitro groups is 2. The Labute approximate surface area is 806 Å². The van der Waals surface area contributed by atoms with Crippen molar-refractivity contribution in [2.45, 2.75) is 120 Å². The molecular weight excluding hydrogens is 1810 g/mol. The molecule has 768 valence electrons. The van der Waals surface area contributed by atoms with Crippen molar-refractivity contribution in [2.75, 3.05) is 246 Å². The zero-order chi connectivity index (χ0) is 99.3. The van der Waals surface area contributed by atoms with Crippen molar-refractivity contribution in [1.29, 1.82) is 0 Å². The van der Waals surface area contributed by atoms with Gasteiger partial charge in [-0.05, 0) is 151 Å². The van der Waals surface area contributed by atoms with Crippen molar-refractivity contribution in [2.24, 2.45) is 17.6 Å². The van der Waals surface area contributed by atoms with Gasteiger partial charge in [0.05, 0.1) is 201 Å². The average molecular weight is 1950 g/mol. The van der Waals surface area contributed by atoms with Crippen molar-refractivity contribution >= 4 is 47.8 Å². The number of nitrogens with zero attached hydrogens (tertiary/aromatic N) is 2. The summed E-state index contributed by atoms with van der Waals surface area (Å²) in [6.45, 7) is 18.5. The molecule has 4 aliphatic rings. The summed E-state index contributed by atoms with van der Waals surface area (Å²) in [6.07, 6.45) is 9.34. The number of methoxy groups -OCH3 is 4. The third-order valence-electron chi connectivity index (χ3n) is 22.0. The molecule has 40 nitrogen and oxygen atoms in total. The Morgan fingerprint density at radius 2 is 0.681 bits per heavy atom. The highest BCUT2D eigenvalue weighted by Gasteiger charge is 2.48. The van der Waals surface area contributed by atoms with Crippen LogP contribution in [0.25, 0.3) is 0 Å². The van der Waals surface area contributed by atoms with E-state index in [4.69, 9.17) is 135 Å². The Morgan fingerprint density at radius 1 is 0.370 bits per heavy atom. The lowest BCUT2D eigenvalue weighted by Gasteiger charge is -2.49. The summed E-state index contributed by atoms with van der Waals surface area (Å²) in [4.78, 5) is 80.3. The number of ether oxygens (including phenoxy) is 25. The maximum absolute atomic E-state index is 13.0. The number of hydrogen-bond donors (Lipinski definition) is 4. The first-order valence-electron chi connectivity index (χ1n) is 46.4. The summed E-state index contributed by atoms with van der Waals surface area (Å²) in [6, 6.07) is 37.6. The van der Waals surface area contributed by atoms with Crippen LogP contribution < -0.4 is 40.5 Å². The first-order chi connectivity index (χ1) is 67.1. The average Bonchev–Trinajstić information content (AvgIpc) is 0.741. The van der Waals surface area contributed by atoms with Crippen LogP contribution in [0.2, 0.25) is 0 Å². The number of anilines is 1. The van der Waals surface area contributed by atoms with Gasteiger partial charge >= 0.3 is 30.7 Å². The number of aliphatic hydroxyl groups is 1. The SMILES string of the molecule is COCCOCCOCCOCCO.COCCOCCOCCOCCOC(=O)Oc1ccc(N)cc1.COCCOCCOCCOCCOC(=O)Oc1ccc2c(c1)[C@@]1(C)CCCCC[C@@H](C2)[C@@H]1N.COCCOCCOCCOCCOC(=O)Oc1ccc2c(c1)[C@@]1(C)CCCCC[C@@H](C2)[C@@H]1NC(=O)OCc1ccccc1.O=C(Oc1ccc([N+](=O)[O-])cc1)Oc1ccc([N+](=O)[O-])cc1. The lowest BCUT2D eigenvalue weighted by Crippen LogP contribution is -2.57. The number of nitrogens with two attached hydrogens (primary N) is 2. The molecule has 0 spiro atoms. The van der Waals surface area contributed by atoms with E-state index in [9.17, 15) is 44.2 Å². The number of nitrogen functional groups attached to an aromatic ring is 1. The Morgan fingerprint density at radius 3 is 1.05 bits per heavy atom. The molecule has 0 radical (unpaired) electrons. The number of rotatable bonds is 57. The number of aliphatic hydroxyl groups excluding tert-OH is 1. The van der Waals surface area contributed by atoms with E-state index in [1.54, 1.807) is 52.7 Å². The minimum absolute atomic E-state index is 0.0557. The van der Waals surface area contributed by atoms with Crippen molar-refractivity contribution in [3.05, 3.63) is 188 Å². The van der Waals surface area contributed by atoms with Crippen LogP contribution >= 0.6 is 0 Å². The van der Waals surface area contributed by atoms with Gasteiger partial charge in [0, 0.05) is 81.3 Å². The molecule has 2 fully saturated rings. The Balaban J connectivity index is 0.000000278. The van der Waals surface area contributed by atoms with Crippen LogP contribution in [0.15, 0.2) is 140 Å². The van der Waals surface area contributed by atoms with Gasteiger partial charge in [0.1, 0.15) is 55.2 Å². The highest BCUT2D eigenvalue weighted by atomic mass is 16.8. The van der Waals surface area contributed by atoms with Gasteiger partial charge in [-0.25, -0.2) is 24.0 Å². The Hall–Kier alpha value is -10.5. The lowest BCUT2D eigenvalue weighted by atomic mass is 9.59. The normalized spacial score (nSPS) is 17.1. The summed E-state index contributed by atoms with van der Waals surface area (Å²) in [5.41, 5.74) is 18.0. The number of nitro benzene ring substituents is 2. The number of hydrogen-bond acceptors (Lipinski definition) is 37. The number of benzene rings is 6. The van der Waals surface area contributed by atoms with E-state index in [1.165, 1.54) is 90.9 Å². The van der Waals surface area contributed by atoms with Crippen LogP contribution in [0.1, 0.15) is 106 Å². The third kappa shape index (κ3) is 47.9. The number of amides is 1. The second kappa shape index (κ2) is 71.1. The second-order valence-corrected chi connectivity index (χ2v) is 32.0. The van der Waals surface area contributed by atoms with Gasteiger partial charge in [-0.15, -0.1) is 0 Å². The molecule has 0 aliphatic heterocycles. The number of nitrogens with one attached hydrogen (secondary N) is 1. The van der Waals surface area contributed by atoms with E-state index in [0.29, 0.717) is 200 Å². The van der Waals surface area contributed by atoms with Gasteiger partial charge in [-0.3, -0.25) is 20.2 Å². The van der Waals surface area contributed by atoms with Gasteiger partial charge in [0.15, 0.2) is 0 Å². The molecule has 40 heteroatoms. The van der Waals surface area contributed by atoms with Crippen molar-refractivity contribution in [3.8, 4) is 28.7 Å². The minimum Gasteiger partial charge on any atom is -0.445 e. The van der Waals surface area contributed by atoms with Crippen molar-refractivity contribution in [1.82, 2.24) is 5.32 Å². The highest BCUT2D eigenvalue weighted by molar-refractivity contribution is 5.70. The van der Waals surface area contributed by atoms with Crippen LogP contribution in [0.3, 0.4) is 0 Å². The van der Waals surface area contributed by atoms with E-state index in [2.05, 4.69) is 25.2 Å². The topological polar surface area (TPSA) is 487 Å². The molecule has 0 aromatic heterocycles. The molecule has 4 aliphatic carbocycles. The molecule has 2 saturated carbocycles. The van der Waals surface area contributed by atoms with E-state index in [-0.39, 0.29) is 98.6 Å². The summed E-state index contributed by atoms with van der Waals surface area (Å²) < 4.78 is 129. The number of alkyl carbamates (subject to hydrolysis) is 1. The molecule has 6 aromatic rings.